The highest BCUT2D eigenvalue weighted by Crippen LogP contribution is 2.03. The molecule has 1 aliphatic heterocycles. The second-order valence-electron chi connectivity index (χ2n) is 3.01. The Hall–Kier alpha value is -2.10. The van der Waals surface area contributed by atoms with Gasteiger partial charge in [-0.05, 0) is 24.3 Å². The Kier molecular flexibility index (Phi) is 1.28. The van der Waals surface area contributed by atoms with Crippen LogP contribution in [0, 0.1) is 0 Å². The van der Waals surface area contributed by atoms with Gasteiger partial charge in [0.1, 0.15) is 5.36 Å². The molecule has 0 spiro atoms. The molecule has 4 heteroatoms. The lowest BCUT2D eigenvalue weighted by Gasteiger charge is -1.92. The van der Waals surface area contributed by atoms with E-state index in [1.807, 2.05) is 18.2 Å². The number of aromatic nitrogens is 1. The molecule has 0 unspecified atom stereocenters. The van der Waals surface area contributed by atoms with Gasteiger partial charge in [0.25, 0.3) is 0 Å². The molecule has 4 nitrogen and oxygen atoms in total. The van der Waals surface area contributed by atoms with Crippen molar-refractivity contribution in [3.63, 3.8) is 0 Å². The first-order valence-electron chi connectivity index (χ1n) is 4.20. The maximum Gasteiger partial charge on any atom is 0.368 e. The molecule has 0 N–H and O–H groups in total. The topological polar surface area (TPSA) is 54.7 Å². The molecule has 0 bridgehead atoms. The van der Waals surface area contributed by atoms with Gasteiger partial charge in [-0.15, -0.1) is 0 Å². The highest BCUT2D eigenvalue weighted by atomic mass is 16.2. The summed E-state index contributed by atoms with van der Waals surface area (Å²) in [6.07, 6.45) is 1.71. The first kappa shape index (κ1) is 7.32. The van der Waals surface area contributed by atoms with Crippen LogP contribution in [0.15, 0.2) is 40.4 Å². The minimum Gasteiger partial charge on any atom is -0.256 e. The zero-order valence-corrected chi connectivity index (χ0v) is 7.14. The summed E-state index contributed by atoms with van der Waals surface area (Å²) >= 11 is 0. The third kappa shape index (κ3) is 0.877. The van der Waals surface area contributed by atoms with E-state index in [0.717, 1.165) is 10.9 Å². The summed E-state index contributed by atoms with van der Waals surface area (Å²) < 4.78 is 0. The number of carbonyl (C=O) groups excluding carboxylic acids is 1. The van der Waals surface area contributed by atoms with E-state index in [9.17, 15) is 4.79 Å². The van der Waals surface area contributed by atoms with Crippen molar-refractivity contribution in [2.24, 2.45) is 9.98 Å². The van der Waals surface area contributed by atoms with Crippen molar-refractivity contribution < 1.29 is 4.79 Å². The molecule has 0 saturated carbocycles. The fraction of sp³-hybridized carbons (Fsp3) is 0. The van der Waals surface area contributed by atoms with Crippen LogP contribution in [0.5, 0.6) is 0 Å². The van der Waals surface area contributed by atoms with Crippen molar-refractivity contribution in [3.8, 4) is 0 Å². The van der Waals surface area contributed by atoms with Gasteiger partial charge in [-0.3, -0.25) is 4.98 Å². The Morgan fingerprint density at radius 3 is 2.93 bits per heavy atom. The maximum absolute atomic E-state index is 11.0. The first-order chi connectivity index (χ1) is 6.84. The number of hydrogen-bond donors (Lipinski definition) is 0. The normalized spacial score (nSPS) is 13.6. The van der Waals surface area contributed by atoms with E-state index in [2.05, 4.69) is 15.0 Å². The van der Waals surface area contributed by atoms with Gasteiger partial charge in [0.2, 0.25) is 0 Å². The molecule has 0 radical (unpaired) electrons. The summed E-state index contributed by atoms with van der Waals surface area (Å²) in [5, 5.41) is 2.15. The monoisotopic (exact) mass is 183 g/mol. The molecule has 2 amide bonds. The standard InChI is InChI=1S/C10H5N3O/c14-10-12-8-4-3-7-6(9(8)13-10)2-1-5-11-7/h1-5H. The zero-order chi connectivity index (χ0) is 9.54. The van der Waals surface area contributed by atoms with Gasteiger partial charge in [-0.25, -0.2) is 4.79 Å². The van der Waals surface area contributed by atoms with Crippen molar-refractivity contribution in [1.29, 1.82) is 0 Å². The average molecular weight is 183 g/mol. The van der Waals surface area contributed by atoms with Crippen molar-refractivity contribution in [2.45, 2.75) is 0 Å². The van der Waals surface area contributed by atoms with Crippen molar-refractivity contribution >= 4 is 16.9 Å². The van der Waals surface area contributed by atoms with E-state index in [1.165, 1.54) is 0 Å². The van der Waals surface area contributed by atoms with E-state index in [-0.39, 0.29) is 0 Å². The Morgan fingerprint density at radius 1 is 1.07 bits per heavy atom. The molecular weight excluding hydrogens is 178 g/mol. The number of rotatable bonds is 0. The summed E-state index contributed by atoms with van der Waals surface area (Å²) in [5.74, 6) is 0. The molecular formula is C10H5N3O. The number of fused-ring (bicyclic) bond motifs is 3. The molecule has 0 saturated heterocycles. The van der Waals surface area contributed by atoms with Crippen LogP contribution in [0.3, 0.4) is 0 Å². The molecule has 3 rings (SSSR count). The molecule has 2 heterocycles. The first-order valence-corrected chi connectivity index (χ1v) is 4.20. The molecule has 2 aromatic rings. The Balaban J connectivity index is 2.65. The lowest BCUT2D eigenvalue weighted by Crippen LogP contribution is -2.22. The van der Waals surface area contributed by atoms with Crippen LogP contribution < -0.4 is 10.7 Å². The smallest absolute Gasteiger partial charge is 0.256 e. The Labute approximate surface area is 78.6 Å². The molecule has 0 aliphatic carbocycles. The zero-order valence-electron chi connectivity index (χ0n) is 7.14. The van der Waals surface area contributed by atoms with E-state index >= 15 is 0 Å². The molecule has 14 heavy (non-hydrogen) atoms. The molecule has 0 fully saturated rings. The second kappa shape index (κ2) is 2.45. The third-order valence-electron chi connectivity index (χ3n) is 2.16. The average Bonchev–Trinajstić information content (AvgIpc) is 2.59. The third-order valence-corrected chi connectivity index (χ3v) is 2.16. The molecule has 0 atom stereocenters. The Morgan fingerprint density at radius 2 is 2.00 bits per heavy atom. The van der Waals surface area contributed by atoms with Gasteiger partial charge in [0, 0.05) is 11.6 Å². The fourth-order valence-electron chi connectivity index (χ4n) is 1.56. The van der Waals surface area contributed by atoms with E-state index in [1.54, 1.807) is 12.3 Å². The SMILES string of the molecule is O=C1N=c2ccc3ncccc3c2=N1. The predicted octanol–water partition coefficient (Wildman–Crippen LogP) is 0.608. The molecule has 1 aromatic carbocycles. The number of hydrogen-bond acceptors (Lipinski definition) is 2. The van der Waals surface area contributed by atoms with Crippen LogP contribution in [0.4, 0.5) is 4.79 Å². The number of benzene rings is 1. The van der Waals surface area contributed by atoms with Gasteiger partial charge < -0.3 is 0 Å². The van der Waals surface area contributed by atoms with Crippen LogP contribution in [0.25, 0.3) is 10.9 Å². The summed E-state index contributed by atoms with van der Waals surface area (Å²) in [6.45, 7) is 0. The lowest BCUT2D eigenvalue weighted by atomic mass is 10.2. The van der Waals surface area contributed by atoms with Crippen LogP contribution in [-0.2, 0) is 0 Å². The van der Waals surface area contributed by atoms with Crippen LogP contribution >= 0.6 is 0 Å². The predicted molar refractivity (Wildman–Crippen MR) is 49.5 cm³/mol. The van der Waals surface area contributed by atoms with Crippen LogP contribution in [0.1, 0.15) is 0 Å². The number of urea groups is 1. The molecule has 66 valence electrons. The van der Waals surface area contributed by atoms with Gasteiger partial charge in [-0.2, -0.15) is 9.98 Å². The van der Waals surface area contributed by atoms with Crippen molar-refractivity contribution in [2.75, 3.05) is 0 Å². The van der Waals surface area contributed by atoms with Crippen molar-refractivity contribution in [1.82, 2.24) is 4.98 Å². The number of amides is 2. The van der Waals surface area contributed by atoms with E-state index in [0.29, 0.717) is 10.7 Å². The fourth-order valence-corrected chi connectivity index (χ4v) is 1.56. The summed E-state index contributed by atoms with van der Waals surface area (Å²) in [4.78, 5) is 22.8. The van der Waals surface area contributed by atoms with Gasteiger partial charge in [0.05, 0.1) is 10.9 Å². The van der Waals surface area contributed by atoms with Gasteiger partial charge in [-0.1, -0.05) is 0 Å². The quantitative estimate of drug-likeness (QED) is 0.600. The largest absolute Gasteiger partial charge is 0.368 e. The van der Waals surface area contributed by atoms with Crippen LogP contribution in [0.2, 0.25) is 0 Å². The number of nitrogens with zero attached hydrogens (tertiary/aromatic N) is 3. The maximum atomic E-state index is 11.0. The highest BCUT2D eigenvalue weighted by Gasteiger charge is 2.07. The van der Waals surface area contributed by atoms with Gasteiger partial charge >= 0.3 is 6.03 Å². The minimum atomic E-state index is -0.434. The number of pyridine rings is 1. The minimum absolute atomic E-state index is 0.434. The van der Waals surface area contributed by atoms with Crippen LogP contribution in [-0.4, -0.2) is 11.0 Å². The van der Waals surface area contributed by atoms with E-state index in [4.69, 9.17) is 0 Å². The molecule has 1 aliphatic rings. The second-order valence-corrected chi connectivity index (χ2v) is 3.01. The summed E-state index contributed by atoms with van der Waals surface area (Å²) in [6, 6.07) is 6.88. The lowest BCUT2D eigenvalue weighted by molar-refractivity contribution is 0.257. The van der Waals surface area contributed by atoms with E-state index < -0.39 is 6.03 Å². The van der Waals surface area contributed by atoms with Crippen molar-refractivity contribution in [3.05, 3.63) is 41.2 Å². The highest BCUT2D eigenvalue weighted by molar-refractivity contribution is 5.83. The number of carbonyl (C=O) groups is 1. The Bertz CT molecular complexity index is 661. The molecule has 1 aromatic heterocycles. The summed E-state index contributed by atoms with van der Waals surface area (Å²) in [7, 11) is 0. The van der Waals surface area contributed by atoms with Gasteiger partial charge in [0.15, 0.2) is 0 Å². The summed E-state index contributed by atoms with van der Waals surface area (Å²) in [5.41, 5.74) is 0.833.